The van der Waals surface area contributed by atoms with Gasteiger partial charge in [-0.3, -0.25) is 0 Å². The highest BCUT2D eigenvalue weighted by Crippen LogP contribution is 2.49. The highest BCUT2D eigenvalue weighted by atomic mass is 16.5. The minimum atomic E-state index is -0.217. The number of ether oxygens (including phenoxy) is 1. The lowest BCUT2D eigenvalue weighted by Gasteiger charge is -2.53. The maximum atomic E-state index is 6.55. The van der Waals surface area contributed by atoms with Gasteiger partial charge in [-0.25, -0.2) is 4.98 Å². The minimum Gasteiger partial charge on any atom is -0.438 e. The Hall–Kier alpha value is -4.45. The third-order valence-corrected chi connectivity index (χ3v) is 8.78. The summed E-state index contributed by atoms with van der Waals surface area (Å²) in [5.74, 6) is 10.7. The molecule has 0 spiro atoms. The summed E-state index contributed by atoms with van der Waals surface area (Å²) in [6.07, 6.45) is 25.8. The van der Waals surface area contributed by atoms with Crippen molar-refractivity contribution < 1.29 is 4.74 Å². The number of aromatic nitrogens is 1. The molecule has 40 heavy (non-hydrogen) atoms. The van der Waals surface area contributed by atoms with E-state index in [0.29, 0.717) is 5.88 Å². The van der Waals surface area contributed by atoms with E-state index in [9.17, 15) is 0 Å². The Labute approximate surface area is 237 Å². The van der Waals surface area contributed by atoms with Crippen molar-refractivity contribution in [3.8, 4) is 11.6 Å². The van der Waals surface area contributed by atoms with Crippen molar-refractivity contribution in [2.45, 2.75) is 19.3 Å². The SMILES string of the molecule is CC1(C)c2cccnc2Oc2c(C3=CN4B5C=CC=CN5B5C=CC=CN5B5C=CC=CN5B4C=C3)cccc21. The molecule has 0 unspecified atom stereocenters. The standard InChI is InChI=1S/C30H27B4N5O/c1-30(2)26-12-9-11-25(28(26)40-29-27(30)13-10-19-35-29)24-14-18-34-38-22-7-4-16-32(38)36-20-6-3-15-31(36)37-21-8-5-17-33(37)39(34)23-24/h3-23H,1-2H3. The molecule has 0 radical (unpaired) electrons. The number of para-hydroxylation sites is 1. The summed E-state index contributed by atoms with van der Waals surface area (Å²) in [6, 6.07) is 10.6. The lowest BCUT2D eigenvalue weighted by atomic mass is 9.41. The predicted octanol–water partition coefficient (Wildman–Crippen LogP) is 5.01. The molecule has 6 aliphatic rings. The van der Waals surface area contributed by atoms with Crippen molar-refractivity contribution >= 4 is 33.5 Å². The maximum absolute atomic E-state index is 6.55. The first kappa shape index (κ1) is 23.4. The molecule has 10 heteroatoms. The molecule has 1 saturated heterocycles. The van der Waals surface area contributed by atoms with Crippen molar-refractivity contribution in [2.24, 2.45) is 0 Å². The number of hydrogen-bond acceptors (Lipinski definition) is 6. The van der Waals surface area contributed by atoms with Gasteiger partial charge in [-0.1, -0.05) is 86.3 Å². The van der Waals surface area contributed by atoms with Gasteiger partial charge in [-0.2, -0.15) is 0 Å². The number of hydrogen-bond donors (Lipinski definition) is 0. The topological polar surface area (TPSA) is 35.1 Å². The van der Waals surface area contributed by atoms with Gasteiger partial charge in [0.25, 0.3) is 0 Å². The Bertz CT molecular complexity index is 1610. The summed E-state index contributed by atoms with van der Waals surface area (Å²) in [4.78, 5) is 4.60. The largest absolute Gasteiger partial charge is 0.438 e. The molecule has 6 aliphatic heterocycles. The van der Waals surface area contributed by atoms with Gasteiger partial charge in [0, 0.05) is 28.3 Å². The summed E-state index contributed by atoms with van der Waals surface area (Å²) in [7, 11) is 0. The molecule has 1 aromatic heterocycles. The lowest BCUT2D eigenvalue weighted by Crippen LogP contribution is -2.73. The van der Waals surface area contributed by atoms with Crippen LogP contribution in [0.2, 0.25) is 0 Å². The zero-order chi connectivity index (χ0) is 26.8. The molecule has 0 atom stereocenters. The molecule has 7 heterocycles. The average molecular weight is 517 g/mol. The summed E-state index contributed by atoms with van der Waals surface area (Å²) in [6.45, 7) is 4.72. The van der Waals surface area contributed by atoms with Gasteiger partial charge in [0.2, 0.25) is 5.88 Å². The molecule has 1 aromatic carbocycles. The molecule has 0 saturated carbocycles. The molecule has 0 bridgehead atoms. The van der Waals surface area contributed by atoms with Crippen LogP contribution in [0.15, 0.2) is 128 Å². The van der Waals surface area contributed by atoms with Crippen molar-refractivity contribution in [3.63, 3.8) is 0 Å². The van der Waals surface area contributed by atoms with Crippen LogP contribution in [-0.2, 0) is 5.41 Å². The molecule has 8 rings (SSSR count). The lowest BCUT2D eigenvalue weighted by molar-refractivity contribution is 0.400. The Kier molecular flexibility index (Phi) is 5.15. The van der Waals surface area contributed by atoms with Crippen LogP contribution in [0, 0.1) is 0 Å². The van der Waals surface area contributed by atoms with Crippen molar-refractivity contribution in [3.05, 3.63) is 144 Å². The number of benzene rings is 1. The smallest absolute Gasteiger partial charge is 0.380 e. The van der Waals surface area contributed by atoms with E-state index in [1.165, 1.54) is 5.56 Å². The zero-order valence-electron chi connectivity index (χ0n) is 22.6. The molecule has 0 N–H and O–H groups in total. The quantitative estimate of drug-likeness (QED) is 0.496. The van der Waals surface area contributed by atoms with Gasteiger partial charge in [-0.05, 0) is 54.7 Å². The third kappa shape index (κ3) is 3.38. The molecule has 2 aromatic rings. The maximum Gasteiger partial charge on any atom is 0.380 e. The van der Waals surface area contributed by atoms with Gasteiger partial charge < -0.3 is 23.6 Å². The van der Waals surface area contributed by atoms with E-state index in [0.717, 1.165) is 22.4 Å². The van der Waals surface area contributed by atoms with Crippen LogP contribution in [0.3, 0.4) is 0 Å². The minimum absolute atomic E-state index is 0.0261. The summed E-state index contributed by atoms with van der Waals surface area (Å²) < 4.78 is 16.3. The van der Waals surface area contributed by atoms with E-state index in [1.807, 2.05) is 6.07 Å². The Morgan fingerprint density at radius 3 is 1.95 bits per heavy atom. The zero-order valence-corrected chi connectivity index (χ0v) is 22.6. The first-order valence-corrected chi connectivity index (χ1v) is 13.9. The molecule has 190 valence electrons. The van der Waals surface area contributed by atoms with Crippen molar-refractivity contribution in [2.75, 3.05) is 0 Å². The molecule has 1 fully saturated rings. The summed E-state index contributed by atoms with van der Waals surface area (Å²) in [5.41, 5.74) is 4.27. The monoisotopic (exact) mass is 517 g/mol. The van der Waals surface area contributed by atoms with Gasteiger partial charge in [-0.15, -0.1) is 0 Å². The third-order valence-electron chi connectivity index (χ3n) is 8.78. The normalized spacial score (nSPS) is 20.7. The van der Waals surface area contributed by atoms with Crippen LogP contribution >= 0.6 is 0 Å². The van der Waals surface area contributed by atoms with Gasteiger partial charge in [0.05, 0.1) is 0 Å². The first-order valence-electron chi connectivity index (χ1n) is 13.9. The van der Waals surface area contributed by atoms with Crippen molar-refractivity contribution in [1.82, 2.24) is 23.9 Å². The predicted molar refractivity (Wildman–Crippen MR) is 165 cm³/mol. The van der Waals surface area contributed by atoms with Crippen LogP contribution in [0.4, 0.5) is 0 Å². The first-order chi connectivity index (χ1) is 19.6. The van der Waals surface area contributed by atoms with E-state index >= 15 is 0 Å². The Balaban J connectivity index is 1.26. The average Bonchev–Trinajstić information content (AvgIpc) is 3.00. The van der Waals surface area contributed by atoms with Crippen LogP contribution < -0.4 is 4.74 Å². The Morgan fingerprint density at radius 1 is 0.675 bits per heavy atom. The second-order valence-corrected chi connectivity index (χ2v) is 11.3. The highest BCUT2D eigenvalue weighted by molar-refractivity contribution is 6.92. The van der Waals surface area contributed by atoms with Gasteiger partial charge >= 0.3 is 27.9 Å². The number of allylic oxidation sites excluding steroid dienone is 8. The van der Waals surface area contributed by atoms with E-state index in [2.05, 4.69) is 153 Å². The number of pyridine rings is 1. The number of fused-ring (bicyclic) bond motifs is 10. The highest BCUT2D eigenvalue weighted by Gasteiger charge is 2.50. The second kappa shape index (κ2) is 8.78. The van der Waals surface area contributed by atoms with Crippen LogP contribution in [0.5, 0.6) is 11.6 Å². The van der Waals surface area contributed by atoms with E-state index in [1.54, 1.807) is 6.20 Å². The van der Waals surface area contributed by atoms with Crippen LogP contribution in [0.1, 0.15) is 30.5 Å². The summed E-state index contributed by atoms with van der Waals surface area (Å²) in [5, 5.41) is 0. The molecular weight excluding hydrogens is 490 g/mol. The molecule has 0 aliphatic carbocycles. The van der Waals surface area contributed by atoms with Crippen LogP contribution in [0.25, 0.3) is 5.57 Å². The summed E-state index contributed by atoms with van der Waals surface area (Å²) >= 11 is 0. The second-order valence-electron chi connectivity index (χ2n) is 11.3. The van der Waals surface area contributed by atoms with Gasteiger partial charge in [0.15, 0.2) is 0 Å². The molecular formula is C30H27B4N5O. The van der Waals surface area contributed by atoms with E-state index in [4.69, 9.17) is 4.74 Å². The fourth-order valence-electron chi connectivity index (χ4n) is 6.77. The molecule has 6 nitrogen and oxygen atoms in total. The fraction of sp³-hybridized carbons (Fsp3) is 0.100. The van der Waals surface area contributed by atoms with Crippen molar-refractivity contribution in [1.29, 1.82) is 0 Å². The van der Waals surface area contributed by atoms with Gasteiger partial charge in [0.1, 0.15) is 5.75 Å². The van der Waals surface area contributed by atoms with Crippen LogP contribution in [-0.4, -0.2) is 51.8 Å². The van der Waals surface area contributed by atoms with E-state index < -0.39 is 0 Å². The number of nitrogens with zero attached hydrogens (tertiary/aromatic N) is 5. The Morgan fingerprint density at radius 2 is 1.27 bits per heavy atom. The van der Waals surface area contributed by atoms with E-state index in [-0.39, 0.29) is 33.3 Å². The number of rotatable bonds is 1. The molecule has 0 amide bonds. The fourth-order valence-corrected chi connectivity index (χ4v) is 6.77.